The number of aromatic nitrogens is 1. The van der Waals surface area contributed by atoms with Crippen molar-refractivity contribution in [3.8, 4) is 0 Å². The van der Waals surface area contributed by atoms with E-state index in [1.54, 1.807) is 19.3 Å². The molecule has 6 heteroatoms. The number of hydrogen-bond donors (Lipinski definition) is 3. The summed E-state index contributed by atoms with van der Waals surface area (Å²) in [7, 11) is 1.71. The molecule has 132 valence electrons. The number of nitrogens with zero attached hydrogens (tertiary/aromatic N) is 2. The number of hydrogen-bond acceptors (Lipinski definition) is 3. The van der Waals surface area contributed by atoms with Crippen molar-refractivity contribution in [1.82, 2.24) is 15.6 Å². The number of nitrogens with one attached hydrogen (secondary N) is 3. The molecule has 0 aliphatic rings. The first kappa shape index (κ1) is 18.4. The van der Waals surface area contributed by atoms with E-state index in [2.05, 4.69) is 57.1 Å². The molecular weight excluding hydrogens is 314 g/mol. The summed E-state index contributed by atoms with van der Waals surface area (Å²) in [6, 6.07) is 12.0. The Kier molecular flexibility index (Phi) is 6.95. The molecule has 0 aliphatic carbocycles. The number of guanidine groups is 1. The van der Waals surface area contributed by atoms with Gasteiger partial charge >= 0.3 is 0 Å². The summed E-state index contributed by atoms with van der Waals surface area (Å²) in [4.78, 5) is 20.2. The van der Waals surface area contributed by atoms with E-state index in [0.29, 0.717) is 31.3 Å². The minimum absolute atomic E-state index is 0.0853. The predicted molar refractivity (Wildman–Crippen MR) is 102 cm³/mol. The third-order valence-corrected chi connectivity index (χ3v) is 3.63. The van der Waals surface area contributed by atoms with Crippen molar-refractivity contribution in [2.24, 2.45) is 4.99 Å². The lowest BCUT2D eigenvalue weighted by molar-refractivity contribution is -0.116. The van der Waals surface area contributed by atoms with Crippen molar-refractivity contribution in [3.63, 3.8) is 0 Å². The molecule has 3 N–H and O–H groups in total. The average molecular weight is 339 g/mol. The van der Waals surface area contributed by atoms with Crippen molar-refractivity contribution in [2.75, 3.05) is 18.9 Å². The molecule has 6 nitrogen and oxygen atoms in total. The van der Waals surface area contributed by atoms with Crippen molar-refractivity contribution < 1.29 is 4.79 Å². The molecule has 0 saturated heterocycles. The number of aliphatic imine (C=N–C) groups is 1. The number of benzene rings is 1. The van der Waals surface area contributed by atoms with Crippen molar-refractivity contribution in [3.05, 3.63) is 59.3 Å². The van der Waals surface area contributed by atoms with E-state index in [9.17, 15) is 4.79 Å². The Bertz CT molecular complexity index is 708. The Hall–Kier alpha value is -2.89. The number of carbonyl (C=O) groups is 1. The third kappa shape index (κ3) is 6.63. The van der Waals surface area contributed by atoms with Gasteiger partial charge < -0.3 is 16.0 Å². The number of anilines is 1. The number of carbonyl (C=O) groups excluding carboxylic acids is 1. The van der Waals surface area contributed by atoms with Crippen LogP contribution < -0.4 is 16.0 Å². The van der Waals surface area contributed by atoms with Crippen LogP contribution in [0, 0.1) is 13.8 Å². The number of amides is 1. The fourth-order valence-corrected chi connectivity index (χ4v) is 2.15. The van der Waals surface area contributed by atoms with Gasteiger partial charge in [0.25, 0.3) is 0 Å². The Morgan fingerprint density at radius 1 is 1.04 bits per heavy atom. The lowest BCUT2D eigenvalue weighted by Gasteiger charge is -2.12. The van der Waals surface area contributed by atoms with Crippen LogP contribution in [0.1, 0.15) is 23.1 Å². The first-order chi connectivity index (χ1) is 12.1. The number of pyridine rings is 1. The summed E-state index contributed by atoms with van der Waals surface area (Å²) in [6.07, 6.45) is 2.06. The molecule has 0 bridgehead atoms. The highest BCUT2D eigenvalue weighted by Gasteiger charge is 2.04. The summed E-state index contributed by atoms with van der Waals surface area (Å²) in [6.45, 7) is 5.19. The highest BCUT2D eigenvalue weighted by molar-refractivity contribution is 5.90. The molecule has 0 radical (unpaired) electrons. The van der Waals surface area contributed by atoms with E-state index in [0.717, 1.165) is 5.56 Å². The molecule has 2 rings (SSSR count). The van der Waals surface area contributed by atoms with E-state index in [1.807, 2.05) is 13.0 Å². The summed E-state index contributed by atoms with van der Waals surface area (Å²) in [5, 5.41) is 9.14. The number of rotatable bonds is 6. The van der Waals surface area contributed by atoms with Gasteiger partial charge in [-0.15, -0.1) is 0 Å². The summed E-state index contributed by atoms with van der Waals surface area (Å²) < 4.78 is 0. The Labute approximate surface area is 148 Å². The largest absolute Gasteiger partial charge is 0.356 e. The molecule has 25 heavy (non-hydrogen) atoms. The third-order valence-electron chi connectivity index (χ3n) is 3.63. The summed E-state index contributed by atoms with van der Waals surface area (Å²) in [5.41, 5.74) is 3.47. The summed E-state index contributed by atoms with van der Waals surface area (Å²) in [5.74, 6) is 1.15. The second-order valence-corrected chi connectivity index (χ2v) is 5.86. The summed E-state index contributed by atoms with van der Waals surface area (Å²) >= 11 is 0. The van der Waals surface area contributed by atoms with Gasteiger partial charge in [-0.1, -0.05) is 35.9 Å². The minimum Gasteiger partial charge on any atom is -0.356 e. The quantitative estimate of drug-likeness (QED) is 0.558. The van der Waals surface area contributed by atoms with Crippen LogP contribution >= 0.6 is 0 Å². The monoisotopic (exact) mass is 339 g/mol. The molecule has 0 fully saturated rings. The van der Waals surface area contributed by atoms with Crippen LogP contribution in [0.5, 0.6) is 0 Å². The van der Waals surface area contributed by atoms with Crippen LogP contribution in [0.25, 0.3) is 0 Å². The molecular formula is C19H25N5O. The maximum atomic E-state index is 11.9. The highest BCUT2D eigenvalue weighted by atomic mass is 16.1. The second kappa shape index (κ2) is 9.42. The van der Waals surface area contributed by atoms with Gasteiger partial charge in [0.15, 0.2) is 5.96 Å². The van der Waals surface area contributed by atoms with Crippen LogP contribution in [0.3, 0.4) is 0 Å². The molecule has 1 aromatic carbocycles. The van der Waals surface area contributed by atoms with Gasteiger partial charge in [-0.3, -0.25) is 9.79 Å². The Morgan fingerprint density at radius 3 is 2.40 bits per heavy atom. The van der Waals surface area contributed by atoms with E-state index >= 15 is 0 Å². The van der Waals surface area contributed by atoms with Crippen LogP contribution in [-0.4, -0.2) is 30.4 Å². The number of aryl methyl sites for hydroxylation is 2. The Balaban J connectivity index is 1.70. The SMILES string of the molecule is CN=C(NCCC(=O)Nc1ccc(C)cn1)NCc1ccc(C)cc1. The molecule has 2 aromatic rings. The lowest BCUT2D eigenvalue weighted by atomic mass is 10.1. The van der Waals surface area contributed by atoms with Gasteiger partial charge in [-0.25, -0.2) is 4.98 Å². The maximum Gasteiger partial charge on any atom is 0.227 e. The van der Waals surface area contributed by atoms with Crippen LogP contribution in [0.2, 0.25) is 0 Å². The standard InChI is InChI=1S/C19H25N5O/c1-14-4-7-16(8-5-14)13-23-19(20-3)21-11-10-18(25)24-17-9-6-15(2)12-22-17/h4-9,12H,10-11,13H2,1-3H3,(H2,20,21,23)(H,22,24,25). The first-order valence-electron chi connectivity index (χ1n) is 8.29. The zero-order valence-electron chi connectivity index (χ0n) is 15.0. The van der Waals surface area contributed by atoms with Crippen LogP contribution in [0.15, 0.2) is 47.6 Å². The zero-order chi connectivity index (χ0) is 18.1. The van der Waals surface area contributed by atoms with Gasteiger partial charge in [0, 0.05) is 32.8 Å². The molecule has 1 amide bonds. The van der Waals surface area contributed by atoms with E-state index in [-0.39, 0.29) is 5.91 Å². The maximum absolute atomic E-state index is 11.9. The zero-order valence-corrected chi connectivity index (χ0v) is 15.0. The second-order valence-electron chi connectivity index (χ2n) is 5.86. The Morgan fingerprint density at radius 2 is 1.76 bits per heavy atom. The van der Waals surface area contributed by atoms with Gasteiger partial charge in [0.05, 0.1) is 0 Å². The van der Waals surface area contributed by atoms with E-state index in [1.165, 1.54) is 11.1 Å². The molecule has 1 aromatic heterocycles. The minimum atomic E-state index is -0.0853. The van der Waals surface area contributed by atoms with Gasteiger partial charge in [-0.2, -0.15) is 0 Å². The van der Waals surface area contributed by atoms with Crippen LogP contribution in [0.4, 0.5) is 5.82 Å². The topological polar surface area (TPSA) is 78.4 Å². The molecule has 0 unspecified atom stereocenters. The molecule has 0 aliphatic heterocycles. The molecule has 0 spiro atoms. The normalized spacial score (nSPS) is 11.1. The van der Waals surface area contributed by atoms with Crippen molar-refractivity contribution in [1.29, 1.82) is 0 Å². The lowest BCUT2D eigenvalue weighted by Crippen LogP contribution is -2.38. The van der Waals surface area contributed by atoms with Crippen molar-refractivity contribution in [2.45, 2.75) is 26.8 Å². The first-order valence-corrected chi connectivity index (χ1v) is 8.29. The highest BCUT2D eigenvalue weighted by Crippen LogP contribution is 2.04. The van der Waals surface area contributed by atoms with E-state index < -0.39 is 0 Å². The fraction of sp³-hybridized carbons (Fsp3) is 0.316. The molecule has 1 heterocycles. The predicted octanol–water partition coefficient (Wildman–Crippen LogP) is 2.39. The van der Waals surface area contributed by atoms with Gasteiger partial charge in [0.2, 0.25) is 5.91 Å². The average Bonchev–Trinajstić information content (AvgIpc) is 2.61. The smallest absolute Gasteiger partial charge is 0.227 e. The van der Waals surface area contributed by atoms with Gasteiger partial charge in [0.1, 0.15) is 5.82 Å². The van der Waals surface area contributed by atoms with Crippen LogP contribution in [-0.2, 0) is 11.3 Å². The van der Waals surface area contributed by atoms with Gasteiger partial charge in [-0.05, 0) is 31.0 Å². The van der Waals surface area contributed by atoms with Crippen molar-refractivity contribution >= 4 is 17.7 Å². The van der Waals surface area contributed by atoms with E-state index in [4.69, 9.17) is 0 Å². The fourth-order valence-electron chi connectivity index (χ4n) is 2.15. The molecule has 0 atom stereocenters. The molecule has 0 saturated carbocycles.